The minimum Gasteiger partial charge on any atom is -0.368 e. The molecule has 0 aromatic heterocycles. The molecule has 1 unspecified atom stereocenters. The average molecular weight is 353 g/mol. The quantitative estimate of drug-likeness (QED) is 0.468. The van der Waals surface area contributed by atoms with Gasteiger partial charge in [0.25, 0.3) is 5.91 Å². The number of carbonyl (C=O) groups is 1. The van der Waals surface area contributed by atoms with E-state index in [-0.39, 0.29) is 12.0 Å². The van der Waals surface area contributed by atoms with E-state index in [0.29, 0.717) is 5.41 Å². The summed E-state index contributed by atoms with van der Waals surface area (Å²) in [5, 5.41) is 3.40. The first-order chi connectivity index (χ1) is 11.9. The molecule has 6 nitrogen and oxygen atoms in total. The van der Waals surface area contributed by atoms with Crippen LogP contribution >= 0.6 is 0 Å². The highest BCUT2D eigenvalue weighted by Gasteiger charge is 2.30. The highest BCUT2D eigenvalue weighted by Crippen LogP contribution is 2.20. The maximum atomic E-state index is 12.4. The van der Waals surface area contributed by atoms with Gasteiger partial charge in [0.2, 0.25) is 0 Å². The molecule has 0 aromatic carbocycles. The van der Waals surface area contributed by atoms with Gasteiger partial charge in [-0.25, -0.2) is 0 Å². The largest absolute Gasteiger partial charge is 0.368 e. The van der Waals surface area contributed by atoms with Crippen molar-refractivity contribution in [3.05, 3.63) is 0 Å². The standard InChI is InChI=1S/C19H36N4O2/c1-5-20-18(21-10-7-9-19(2,3)4)23-13-11-22(12-14-23)17(24)16-8-6-15-25-16/h16H,5-15H2,1-4H3,(H,20,21). The van der Waals surface area contributed by atoms with Gasteiger partial charge >= 0.3 is 0 Å². The van der Waals surface area contributed by atoms with Gasteiger partial charge in [-0.15, -0.1) is 0 Å². The summed E-state index contributed by atoms with van der Waals surface area (Å²) in [4.78, 5) is 21.5. The molecule has 2 aliphatic heterocycles. The third-order valence-corrected chi connectivity index (χ3v) is 4.78. The molecule has 2 fully saturated rings. The average Bonchev–Trinajstić information content (AvgIpc) is 3.11. The van der Waals surface area contributed by atoms with Gasteiger partial charge in [-0.1, -0.05) is 20.8 Å². The number of hydrogen-bond donors (Lipinski definition) is 1. The Labute approximate surface area is 153 Å². The van der Waals surface area contributed by atoms with Crippen LogP contribution in [0.3, 0.4) is 0 Å². The van der Waals surface area contributed by atoms with E-state index < -0.39 is 0 Å². The zero-order valence-electron chi connectivity index (χ0n) is 16.5. The van der Waals surface area contributed by atoms with Gasteiger partial charge < -0.3 is 19.9 Å². The van der Waals surface area contributed by atoms with Gasteiger partial charge in [-0.05, 0) is 38.0 Å². The lowest BCUT2D eigenvalue weighted by Gasteiger charge is -2.37. The Kier molecular flexibility index (Phi) is 7.54. The van der Waals surface area contributed by atoms with Crippen molar-refractivity contribution < 1.29 is 9.53 Å². The zero-order valence-corrected chi connectivity index (χ0v) is 16.5. The predicted octanol–water partition coefficient (Wildman–Crippen LogP) is 2.10. The molecule has 1 N–H and O–H groups in total. The summed E-state index contributed by atoms with van der Waals surface area (Å²) in [6, 6.07) is 0. The fraction of sp³-hybridized carbons (Fsp3) is 0.895. The van der Waals surface area contributed by atoms with Gasteiger partial charge in [-0.3, -0.25) is 9.79 Å². The van der Waals surface area contributed by atoms with Crippen molar-refractivity contribution in [1.82, 2.24) is 15.1 Å². The number of nitrogens with one attached hydrogen (secondary N) is 1. The molecule has 2 heterocycles. The summed E-state index contributed by atoms with van der Waals surface area (Å²) in [6.07, 6.45) is 3.96. The number of nitrogens with zero attached hydrogens (tertiary/aromatic N) is 3. The van der Waals surface area contributed by atoms with Crippen LogP contribution in [0.4, 0.5) is 0 Å². The van der Waals surface area contributed by atoms with Crippen LogP contribution in [0.15, 0.2) is 4.99 Å². The van der Waals surface area contributed by atoms with Crippen LogP contribution in [0.25, 0.3) is 0 Å². The van der Waals surface area contributed by atoms with Crippen LogP contribution < -0.4 is 5.32 Å². The summed E-state index contributed by atoms with van der Waals surface area (Å²) in [5.41, 5.74) is 0.363. The third-order valence-electron chi connectivity index (χ3n) is 4.78. The second-order valence-corrected chi connectivity index (χ2v) is 8.21. The minimum absolute atomic E-state index is 0.171. The Morgan fingerprint density at radius 2 is 1.88 bits per heavy atom. The van der Waals surface area contributed by atoms with Gasteiger partial charge in [-0.2, -0.15) is 0 Å². The molecule has 2 aliphatic rings. The number of carbonyl (C=O) groups excluding carboxylic acids is 1. The Bertz CT molecular complexity index is 445. The molecule has 0 radical (unpaired) electrons. The highest BCUT2D eigenvalue weighted by molar-refractivity contribution is 5.82. The van der Waals surface area contributed by atoms with E-state index in [9.17, 15) is 4.79 Å². The first-order valence-corrected chi connectivity index (χ1v) is 9.84. The molecule has 0 spiro atoms. The molecule has 1 amide bonds. The molecule has 0 bridgehead atoms. The first-order valence-electron chi connectivity index (χ1n) is 9.84. The number of ether oxygens (including phenoxy) is 1. The number of hydrogen-bond acceptors (Lipinski definition) is 3. The monoisotopic (exact) mass is 352 g/mol. The van der Waals surface area contributed by atoms with E-state index in [2.05, 4.69) is 37.9 Å². The molecule has 6 heteroatoms. The van der Waals surface area contributed by atoms with Crippen LogP contribution in [0.2, 0.25) is 0 Å². The lowest BCUT2D eigenvalue weighted by atomic mass is 9.91. The number of rotatable bonds is 5. The first kappa shape index (κ1) is 20.0. The van der Waals surface area contributed by atoms with Crippen LogP contribution in [0.5, 0.6) is 0 Å². The van der Waals surface area contributed by atoms with Crippen LogP contribution in [-0.4, -0.2) is 73.6 Å². The van der Waals surface area contributed by atoms with Gasteiger partial charge in [0.05, 0.1) is 0 Å². The lowest BCUT2D eigenvalue weighted by Crippen LogP contribution is -2.55. The maximum absolute atomic E-state index is 12.4. The van der Waals surface area contributed by atoms with E-state index in [1.807, 2.05) is 4.90 Å². The molecule has 0 aromatic rings. The van der Waals surface area contributed by atoms with Gasteiger partial charge in [0.1, 0.15) is 6.10 Å². The van der Waals surface area contributed by atoms with Crippen LogP contribution in [-0.2, 0) is 9.53 Å². The fourth-order valence-corrected chi connectivity index (χ4v) is 3.33. The smallest absolute Gasteiger partial charge is 0.251 e. The second kappa shape index (κ2) is 9.41. The highest BCUT2D eigenvalue weighted by atomic mass is 16.5. The normalized spacial score (nSPS) is 22.4. The van der Waals surface area contributed by atoms with Crippen molar-refractivity contribution in [2.75, 3.05) is 45.9 Å². The fourth-order valence-electron chi connectivity index (χ4n) is 3.33. The topological polar surface area (TPSA) is 57.2 Å². The zero-order chi connectivity index (χ0) is 18.3. The molecule has 2 saturated heterocycles. The molecule has 25 heavy (non-hydrogen) atoms. The summed E-state index contributed by atoms with van der Waals surface area (Å²) in [6.45, 7) is 14.5. The molecule has 2 rings (SSSR count). The van der Waals surface area contributed by atoms with Crippen LogP contribution in [0.1, 0.15) is 53.4 Å². The summed E-state index contributed by atoms with van der Waals surface area (Å²) in [7, 11) is 0. The predicted molar refractivity (Wildman–Crippen MR) is 102 cm³/mol. The molecular formula is C19H36N4O2. The van der Waals surface area contributed by atoms with E-state index in [1.54, 1.807) is 0 Å². The number of piperazine rings is 1. The summed E-state index contributed by atoms with van der Waals surface area (Å²) in [5.74, 6) is 1.16. The van der Waals surface area contributed by atoms with E-state index in [0.717, 1.165) is 71.1 Å². The van der Waals surface area contributed by atoms with Crippen molar-refractivity contribution in [3.8, 4) is 0 Å². The molecular weight excluding hydrogens is 316 g/mol. The number of amides is 1. The lowest BCUT2D eigenvalue weighted by molar-refractivity contribution is -0.142. The molecule has 144 valence electrons. The van der Waals surface area contributed by atoms with Crippen molar-refractivity contribution in [1.29, 1.82) is 0 Å². The van der Waals surface area contributed by atoms with Crippen molar-refractivity contribution >= 4 is 11.9 Å². The van der Waals surface area contributed by atoms with Gasteiger partial charge in [0, 0.05) is 45.9 Å². The van der Waals surface area contributed by atoms with Crippen molar-refractivity contribution in [3.63, 3.8) is 0 Å². The number of aliphatic imine (C=N–C) groups is 1. The molecule has 0 aliphatic carbocycles. The van der Waals surface area contributed by atoms with E-state index in [4.69, 9.17) is 9.73 Å². The summed E-state index contributed by atoms with van der Waals surface area (Å²) >= 11 is 0. The van der Waals surface area contributed by atoms with E-state index in [1.165, 1.54) is 6.42 Å². The Morgan fingerprint density at radius 3 is 2.44 bits per heavy atom. The second-order valence-electron chi connectivity index (χ2n) is 8.21. The Morgan fingerprint density at radius 1 is 1.20 bits per heavy atom. The molecule has 1 atom stereocenters. The van der Waals surface area contributed by atoms with Crippen LogP contribution in [0, 0.1) is 5.41 Å². The Balaban J connectivity index is 1.81. The summed E-state index contributed by atoms with van der Waals surface area (Å²) < 4.78 is 5.53. The minimum atomic E-state index is -0.203. The van der Waals surface area contributed by atoms with E-state index >= 15 is 0 Å². The van der Waals surface area contributed by atoms with Gasteiger partial charge in [0.15, 0.2) is 5.96 Å². The maximum Gasteiger partial charge on any atom is 0.251 e. The Hall–Kier alpha value is -1.30. The number of guanidine groups is 1. The SMILES string of the molecule is CCNC(=NCCCC(C)(C)C)N1CCN(C(=O)C2CCCO2)CC1. The van der Waals surface area contributed by atoms with Crippen molar-refractivity contribution in [2.45, 2.75) is 59.5 Å². The van der Waals surface area contributed by atoms with Crippen molar-refractivity contribution in [2.24, 2.45) is 10.4 Å². The molecule has 0 saturated carbocycles. The third kappa shape index (κ3) is 6.49.